The van der Waals surface area contributed by atoms with Gasteiger partial charge in [-0.25, -0.2) is 9.78 Å². The minimum absolute atomic E-state index is 0.164. The maximum Gasteiger partial charge on any atom is 0.344 e. The van der Waals surface area contributed by atoms with Crippen molar-refractivity contribution >= 4 is 17.0 Å². The Kier molecular flexibility index (Phi) is 5.41. The lowest BCUT2D eigenvalue weighted by Crippen LogP contribution is -2.19. The van der Waals surface area contributed by atoms with E-state index in [1.807, 2.05) is 43.3 Å². The van der Waals surface area contributed by atoms with Gasteiger partial charge in [-0.3, -0.25) is 0 Å². The van der Waals surface area contributed by atoms with Gasteiger partial charge in [0.25, 0.3) is 0 Å². The molecule has 0 radical (unpaired) electrons. The van der Waals surface area contributed by atoms with Crippen LogP contribution in [0.15, 0.2) is 42.5 Å². The van der Waals surface area contributed by atoms with Crippen LogP contribution < -0.4 is 9.47 Å². The molecule has 6 heteroatoms. The number of carbonyl (C=O) groups excluding carboxylic acids is 1. The highest BCUT2D eigenvalue weighted by Gasteiger charge is 2.13. The summed E-state index contributed by atoms with van der Waals surface area (Å²) in [7, 11) is 0. The van der Waals surface area contributed by atoms with Gasteiger partial charge in [0.15, 0.2) is 18.1 Å². The predicted octanol–water partition coefficient (Wildman–Crippen LogP) is 3.96. The number of carbonyl (C=O) groups is 1. The Labute approximate surface area is 152 Å². The standard InChI is InChI=1S/C20H22N2O4/c1-4-24-18-11-14(20-21-15-7-5-6-8-16(15)22-20)9-10-17(18)25-12-19(23)26-13(2)3/h5-11,13H,4,12H2,1-3H3,(H,21,22). The van der Waals surface area contributed by atoms with Crippen molar-refractivity contribution in [2.24, 2.45) is 0 Å². The maximum atomic E-state index is 11.7. The summed E-state index contributed by atoms with van der Waals surface area (Å²) >= 11 is 0. The number of esters is 1. The first-order valence-corrected chi connectivity index (χ1v) is 8.61. The number of fused-ring (bicyclic) bond motifs is 1. The van der Waals surface area contributed by atoms with Crippen LogP contribution in [0.4, 0.5) is 0 Å². The smallest absolute Gasteiger partial charge is 0.344 e. The van der Waals surface area contributed by atoms with E-state index in [2.05, 4.69) is 9.97 Å². The minimum Gasteiger partial charge on any atom is -0.490 e. The Morgan fingerprint density at radius 2 is 1.92 bits per heavy atom. The number of nitrogens with zero attached hydrogens (tertiary/aromatic N) is 1. The first kappa shape index (κ1) is 17.8. The van der Waals surface area contributed by atoms with Crippen molar-refractivity contribution in [2.45, 2.75) is 26.9 Å². The fraction of sp³-hybridized carbons (Fsp3) is 0.300. The lowest BCUT2D eigenvalue weighted by molar-refractivity contribution is -0.149. The number of nitrogens with one attached hydrogen (secondary N) is 1. The summed E-state index contributed by atoms with van der Waals surface area (Å²) in [6.07, 6.45) is -0.173. The van der Waals surface area contributed by atoms with E-state index >= 15 is 0 Å². The summed E-state index contributed by atoms with van der Waals surface area (Å²) in [4.78, 5) is 19.6. The molecule has 1 heterocycles. The zero-order valence-electron chi connectivity index (χ0n) is 15.1. The summed E-state index contributed by atoms with van der Waals surface area (Å²) in [5.74, 6) is 1.39. The van der Waals surface area contributed by atoms with Gasteiger partial charge in [-0.15, -0.1) is 0 Å². The molecular formula is C20H22N2O4. The topological polar surface area (TPSA) is 73.4 Å². The van der Waals surface area contributed by atoms with Crippen LogP contribution in [0.1, 0.15) is 20.8 Å². The number of para-hydroxylation sites is 2. The van der Waals surface area contributed by atoms with Crippen molar-refractivity contribution in [3.05, 3.63) is 42.5 Å². The zero-order chi connectivity index (χ0) is 18.5. The summed E-state index contributed by atoms with van der Waals surface area (Å²) < 4.78 is 16.3. The van der Waals surface area contributed by atoms with E-state index in [1.165, 1.54) is 0 Å². The van der Waals surface area contributed by atoms with Crippen molar-refractivity contribution < 1.29 is 19.0 Å². The van der Waals surface area contributed by atoms with Crippen LogP contribution in [-0.2, 0) is 9.53 Å². The molecule has 0 spiro atoms. The van der Waals surface area contributed by atoms with Crippen LogP contribution in [0.2, 0.25) is 0 Å². The minimum atomic E-state index is -0.413. The monoisotopic (exact) mass is 354 g/mol. The van der Waals surface area contributed by atoms with Gasteiger partial charge in [0, 0.05) is 5.56 Å². The fourth-order valence-electron chi connectivity index (χ4n) is 2.57. The van der Waals surface area contributed by atoms with Crippen LogP contribution in [0, 0.1) is 0 Å². The molecular weight excluding hydrogens is 332 g/mol. The maximum absolute atomic E-state index is 11.7. The van der Waals surface area contributed by atoms with Gasteiger partial charge in [0.1, 0.15) is 5.82 Å². The molecule has 0 aliphatic rings. The second kappa shape index (κ2) is 7.91. The molecule has 1 N–H and O–H groups in total. The number of hydrogen-bond donors (Lipinski definition) is 1. The van der Waals surface area contributed by atoms with Crippen molar-refractivity contribution in [1.82, 2.24) is 9.97 Å². The first-order chi connectivity index (χ1) is 12.6. The highest BCUT2D eigenvalue weighted by Crippen LogP contribution is 2.32. The van der Waals surface area contributed by atoms with Gasteiger partial charge in [0.2, 0.25) is 0 Å². The van der Waals surface area contributed by atoms with E-state index in [0.29, 0.717) is 18.1 Å². The molecule has 2 aromatic carbocycles. The molecule has 26 heavy (non-hydrogen) atoms. The number of benzene rings is 2. The predicted molar refractivity (Wildman–Crippen MR) is 99.4 cm³/mol. The molecule has 0 atom stereocenters. The van der Waals surface area contributed by atoms with Gasteiger partial charge >= 0.3 is 5.97 Å². The SMILES string of the molecule is CCOc1cc(-c2nc3ccccc3[nH]2)ccc1OCC(=O)OC(C)C. The molecule has 6 nitrogen and oxygen atoms in total. The molecule has 3 rings (SSSR count). The highest BCUT2D eigenvalue weighted by molar-refractivity contribution is 5.79. The number of hydrogen-bond acceptors (Lipinski definition) is 5. The summed E-state index contributed by atoms with van der Waals surface area (Å²) in [6.45, 7) is 5.81. The molecule has 1 aromatic heterocycles. The molecule has 0 saturated heterocycles. The van der Waals surface area contributed by atoms with E-state index in [4.69, 9.17) is 14.2 Å². The molecule has 0 unspecified atom stereocenters. The number of imidazole rings is 1. The van der Waals surface area contributed by atoms with Crippen LogP contribution in [0.5, 0.6) is 11.5 Å². The molecule has 0 aliphatic heterocycles. The number of aromatic nitrogens is 2. The Hall–Kier alpha value is -3.02. The van der Waals surface area contributed by atoms with Gasteiger partial charge < -0.3 is 19.2 Å². The Morgan fingerprint density at radius 3 is 2.65 bits per heavy atom. The van der Waals surface area contributed by atoms with E-state index in [1.54, 1.807) is 19.9 Å². The van der Waals surface area contributed by atoms with Crippen LogP contribution in [0.25, 0.3) is 22.4 Å². The number of ether oxygens (including phenoxy) is 3. The Bertz CT molecular complexity index is 869. The molecule has 0 saturated carbocycles. The normalized spacial score (nSPS) is 10.9. The number of rotatable bonds is 7. The van der Waals surface area contributed by atoms with E-state index in [0.717, 1.165) is 22.4 Å². The Morgan fingerprint density at radius 1 is 1.12 bits per heavy atom. The van der Waals surface area contributed by atoms with Crippen molar-refractivity contribution in [3.63, 3.8) is 0 Å². The lowest BCUT2D eigenvalue weighted by atomic mass is 10.2. The molecule has 0 amide bonds. The quantitative estimate of drug-likeness (QED) is 0.650. The van der Waals surface area contributed by atoms with Gasteiger partial charge in [-0.1, -0.05) is 12.1 Å². The fourth-order valence-corrected chi connectivity index (χ4v) is 2.57. The second-order valence-corrected chi connectivity index (χ2v) is 6.02. The third-order valence-electron chi connectivity index (χ3n) is 3.62. The number of aromatic amines is 1. The Balaban J connectivity index is 1.82. The zero-order valence-corrected chi connectivity index (χ0v) is 15.1. The van der Waals surface area contributed by atoms with Crippen molar-refractivity contribution in [2.75, 3.05) is 13.2 Å². The average Bonchev–Trinajstić information content (AvgIpc) is 3.04. The molecule has 0 bridgehead atoms. The van der Waals surface area contributed by atoms with Crippen LogP contribution >= 0.6 is 0 Å². The highest BCUT2D eigenvalue weighted by atomic mass is 16.6. The summed E-state index contributed by atoms with van der Waals surface area (Å²) in [5.41, 5.74) is 2.75. The third kappa shape index (κ3) is 4.14. The lowest BCUT2D eigenvalue weighted by Gasteiger charge is -2.13. The van der Waals surface area contributed by atoms with Gasteiger partial charge in [0.05, 0.1) is 23.7 Å². The molecule has 136 valence electrons. The van der Waals surface area contributed by atoms with E-state index in [9.17, 15) is 4.79 Å². The molecule has 0 fully saturated rings. The van der Waals surface area contributed by atoms with Crippen LogP contribution in [0.3, 0.4) is 0 Å². The number of H-pyrrole nitrogens is 1. The third-order valence-corrected chi connectivity index (χ3v) is 3.62. The van der Waals surface area contributed by atoms with Crippen molar-refractivity contribution in [3.8, 4) is 22.9 Å². The van der Waals surface area contributed by atoms with Gasteiger partial charge in [-0.05, 0) is 51.1 Å². The van der Waals surface area contributed by atoms with Crippen molar-refractivity contribution in [1.29, 1.82) is 0 Å². The van der Waals surface area contributed by atoms with E-state index in [-0.39, 0.29) is 12.7 Å². The van der Waals surface area contributed by atoms with Gasteiger partial charge in [-0.2, -0.15) is 0 Å². The first-order valence-electron chi connectivity index (χ1n) is 8.61. The second-order valence-electron chi connectivity index (χ2n) is 6.02. The largest absolute Gasteiger partial charge is 0.490 e. The molecule has 3 aromatic rings. The van der Waals surface area contributed by atoms with Crippen LogP contribution in [-0.4, -0.2) is 35.3 Å². The molecule has 0 aliphatic carbocycles. The summed E-state index contributed by atoms with van der Waals surface area (Å²) in [6, 6.07) is 13.3. The van der Waals surface area contributed by atoms with E-state index < -0.39 is 5.97 Å². The summed E-state index contributed by atoms with van der Waals surface area (Å²) in [5, 5.41) is 0. The average molecular weight is 354 g/mol.